The Bertz CT molecular complexity index is 691. The molecule has 2 rings (SSSR count). The molecule has 21 heavy (non-hydrogen) atoms. The Morgan fingerprint density at radius 3 is 2.43 bits per heavy atom. The fourth-order valence-electron chi connectivity index (χ4n) is 3.10. The van der Waals surface area contributed by atoms with Gasteiger partial charge >= 0.3 is 10.4 Å². The summed E-state index contributed by atoms with van der Waals surface area (Å²) < 4.78 is 34.2. The first-order valence-electron chi connectivity index (χ1n) is 6.92. The number of benzene rings is 1. The van der Waals surface area contributed by atoms with Gasteiger partial charge in [0.2, 0.25) is 0 Å². The van der Waals surface area contributed by atoms with Crippen molar-refractivity contribution in [3.63, 3.8) is 0 Å². The third-order valence-electron chi connectivity index (χ3n) is 4.45. The zero-order valence-electron chi connectivity index (χ0n) is 12.6. The van der Waals surface area contributed by atoms with Crippen LogP contribution in [-0.2, 0) is 21.0 Å². The van der Waals surface area contributed by atoms with Gasteiger partial charge in [-0.25, -0.2) is 4.18 Å². The summed E-state index contributed by atoms with van der Waals surface area (Å²) in [6.07, 6.45) is 0.334. The van der Waals surface area contributed by atoms with Gasteiger partial charge in [-0.3, -0.25) is 9.35 Å². The molecule has 1 aromatic rings. The molecule has 6 heteroatoms. The lowest BCUT2D eigenvalue weighted by atomic mass is 9.90. The topological polar surface area (TPSA) is 80.7 Å². The summed E-state index contributed by atoms with van der Waals surface area (Å²) in [6, 6.07) is 2.01. The molecule has 0 radical (unpaired) electrons. The van der Waals surface area contributed by atoms with E-state index in [9.17, 15) is 13.2 Å². The Morgan fingerprint density at radius 1 is 1.24 bits per heavy atom. The number of hydrogen-bond donors (Lipinski definition) is 1. The maximum atomic E-state index is 12.4. The Kier molecular flexibility index (Phi) is 4.24. The van der Waals surface area contributed by atoms with E-state index in [0.717, 1.165) is 27.8 Å². The van der Waals surface area contributed by atoms with Crippen LogP contribution in [0.25, 0.3) is 0 Å². The largest absolute Gasteiger partial charge is 0.397 e. The van der Waals surface area contributed by atoms with Crippen molar-refractivity contribution in [3.05, 3.63) is 33.9 Å². The number of carbonyl (C=O) groups excluding carboxylic acids is 1. The van der Waals surface area contributed by atoms with Crippen LogP contribution < -0.4 is 0 Å². The second-order valence-corrected chi connectivity index (χ2v) is 6.79. The summed E-state index contributed by atoms with van der Waals surface area (Å²) in [5.74, 6) is 0.322. The minimum Gasteiger partial charge on any atom is -0.294 e. The van der Waals surface area contributed by atoms with Crippen molar-refractivity contribution in [2.45, 2.75) is 40.0 Å². The molecule has 0 aromatic heterocycles. The summed E-state index contributed by atoms with van der Waals surface area (Å²) in [5, 5.41) is 0. The maximum Gasteiger partial charge on any atom is 0.397 e. The number of ketones is 1. The molecule has 1 aromatic carbocycles. The Labute approximate surface area is 125 Å². The predicted molar refractivity (Wildman–Crippen MR) is 79.0 cm³/mol. The van der Waals surface area contributed by atoms with Crippen molar-refractivity contribution < 1.29 is 21.9 Å². The quantitative estimate of drug-likeness (QED) is 0.864. The zero-order valence-corrected chi connectivity index (χ0v) is 13.5. The van der Waals surface area contributed by atoms with E-state index >= 15 is 0 Å². The molecule has 0 unspecified atom stereocenters. The van der Waals surface area contributed by atoms with Crippen LogP contribution in [0.1, 0.15) is 52.4 Å². The lowest BCUT2D eigenvalue weighted by molar-refractivity contribution is 0.0936. The number of carbonyl (C=O) groups is 1. The van der Waals surface area contributed by atoms with Gasteiger partial charge in [0.25, 0.3) is 0 Å². The Hall–Kier alpha value is -1.24. The van der Waals surface area contributed by atoms with Gasteiger partial charge in [-0.1, -0.05) is 19.9 Å². The molecule has 0 bridgehead atoms. The van der Waals surface area contributed by atoms with E-state index in [4.69, 9.17) is 4.55 Å². The summed E-state index contributed by atoms with van der Waals surface area (Å²) in [4.78, 5) is 12.4. The third-order valence-corrected chi connectivity index (χ3v) is 4.91. The lowest BCUT2D eigenvalue weighted by Gasteiger charge is -2.15. The second-order valence-electron chi connectivity index (χ2n) is 5.70. The van der Waals surface area contributed by atoms with Crippen LogP contribution in [0.2, 0.25) is 0 Å². The van der Waals surface area contributed by atoms with Gasteiger partial charge in [0.1, 0.15) is 0 Å². The average molecular weight is 312 g/mol. The Balaban J connectivity index is 2.36. The molecule has 0 spiro atoms. The van der Waals surface area contributed by atoms with E-state index in [1.54, 1.807) is 0 Å². The van der Waals surface area contributed by atoms with Crippen molar-refractivity contribution in [3.8, 4) is 0 Å². The zero-order chi connectivity index (χ0) is 15.9. The summed E-state index contributed by atoms with van der Waals surface area (Å²) in [5.41, 5.74) is 4.65. The highest BCUT2D eigenvalue weighted by Gasteiger charge is 2.35. The number of rotatable bonds is 4. The fraction of sp³-hybridized carbons (Fsp3) is 0.533. The fourth-order valence-corrected chi connectivity index (χ4v) is 3.39. The van der Waals surface area contributed by atoms with Crippen LogP contribution >= 0.6 is 0 Å². The van der Waals surface area contributed by atoms with Crippen LogP contribution in [0.4, 0.5) is 0 Å². The van der Waals surface area contributed by atoms with Crippen molar-refractivity contribution in [1.29, 1.82) is 0 Å². The van der Waals surface area contributed by atoms with Gasteiger partial charge in [-0.15, -0.1) is 0 Å². The van der Waals surface area contributed by atoms with E-state index < -0.39 is 10.4 Å². The SMILES string of the molecule is Cc1cc2c(c(C)c1CCOS(=O)(=O)O)C(=O)[C@@H](C)[C@@H]2C. The van der Waals surface area contributed by atoms with E-state index in [1.807, 2.05) is 33.8 Å². The molecular weight excluding hydrogens is 292 g/mol. The van der Waals surface area contributed by atoms with Gasteiger partial charge in [0.15, 0.2) is 5.78 Å². The number of hydrogen-bond acceptors (Lipinski definition) is 4. The summed E-state index contributed by atoms with van der Waals surface area (Å²) in [7, 11) is -4.43. The number of aryl methyl sites for hydroxylation is 1. The van der Waals surface area contributed by atoms with Crippen LogP contribution in [-0.4, -0.2) is 25.4 Å². The number of fused-ring (bicyclic) bond motifs is 1. The second kappa shape index (κ2) is 5.51. The summed E-state index contributed by atoms with van der Waals surface area (Å²) >= 11 is 0. The van der Waals surface area contributed by atoms with E-state index in [0.29, 0.717) is 6.42 Å². The minimum absolute atomic E-state index is 0.0255. The average Bonchev–Trinajstić information content (AvgIpc) is 2.57. The highest BCUT2D eigenvalue weighted by Crippen LogP contribution is 2.40. The van der Waals surface area contributed by atoms with Gasteiger partial charge in [0, 0.05) is 11.5 Å². The predicted octanol–water partition coefficient (Wildman–Crippen LogP) is 2.60. The molecule has 2 atom stereocenters. The standard InChI is InChI=1S/C15H20O5S/c1-8-7-13-9(2)10(3)15(16)14(13)11(4)12(8)5-6-20-21(17,18)19/h7,9-10H,5-6H2,1-4H3,(H,17,18,19)/t9-,10-/m0/s1. The van der Waals surface area contributed by atoms with Crippen molar-refractivity contribution in [2.75, 3.05) is 6.61 Å². The monoisotopic (exact) mass is 312 g/mol. The molecule has 0 aliphatic heterocycles. The van der Waals surface area contributed by atoms with Crippen LogP contribution in [0.15, 0.2) is 6.07 Å². The highest BCUT2D eigenvalue weighted by molar-refractivity contribution is 7.80. The maximum absolute atomic E-state index is 12.4. The molecule has 0 fully saturated rings. The smallest absolute Gasteiger partial charge is 0.294 e. The van der Waals surface area contributed by atoms with Crippen molar-refractivity contribution in [2.24, 2.45) is 5.92 Å². The highest BCUT2D eigenvalue weighted by atomic mass is 32.3. The third kappa shape index (κ3) is 3.02. The van der Waals surface area contributed by atoms with Crippen LogP contribution in [0.3, 0.4) is 0 Å². The molecule has 5 nitrogen and oxygen atoms in total. The van der Waals surface area contributed by atoms with Crippen LogP contribution in [0, 0.1) is 19.8 Å². The minimum atomic E-state index is -4.43. The molecular formula is C15H20O5S. The van der Waals surface area contributed by atoms with E-state index in [1.165, 1.54) is 0 Å². The molecule has 1 N–H and O–H groups in total. The van der Waals surface area contributed by atoms with E-state index in [2.05, 4.69) is 4.18 Å². The van der Waals surface area contributed by atoms with Gasteiger partial charge < -0.3 is 0 Å². The molecule has 0 amide bonds. The normalized spacial score (nSPS) is 21.7. The van der Waals surface area contributed by atoms with Crippen molar-refractivity contribution in [1.82, 2.24) is 0 Å². The molecule has 116 valence electrons. The first kappa shape index (κ1) is 16.1. The first-order valence-corrected chi connectivity index (χ1v) is 8.29. The van der Waals surface area contributed by atoms with Gasteiger partial charge in [-0.05, 0) is 48.4 Å². The van der Waals surface area contributed by atoms with E-state index in [-0.39, 0.29) is 24.2 Å². The lowest BCUT2D eigenvalue weighted by Crippen LogP contribution is -2.11. The van der Waals surface area contributed by atoms with Gasteiger partial charge in [0.05, 0.1) is 6.61 Å². The van der Waals surface area contributed by atoms with Crippen molar-refractivity contribution >= 4 is 16.2 Å². The van der Waals surface area contributed by atoms with Crippen LogP contribution in [0.5, 0.6) is 0 Å². The molecule has 0 saturated carbocycles. The van der Waals surface area contributed by atoms with Gasteiger partial charge in [-0.2, -0.15) is 8.42 Å². The molecule has 0 heterocycles. The summed E-state index contributed by atoms with van der Waals surface area (Å²) in [6.45, 7) is 7.67. The molecule has 1 aliphatic carbocycles. The Morgan fingerprint density at radius 2 is 1.86 bits per heavy atom. The first-order chi connectivity index (χ1) is 9.63. The molecule has 1 aliphatic rings. The molecule has 0 saturated heterocycles. The number of Topliss-reactive ketones (excluding diaryl/α,β-unsaturated/α-hetero) is 1.